The highest BCUT2D eigenvalue weighted by Gasteiger charge is 2.43. The molecule has 2 saturated heterocycles. The quantitative estimate of drug-likeness (QED) is 0.539. The monoisotopic (exact) mass is 498 g/mol. The van der Waals surface area contributed by atoms with E-state index in [0.717, 1.165) is 55.7 Å². The number of anilines is 1. The van der Waals surface area contributed by atoms with Crippen molar-refractivity contribution in [2.75, 3.05) is 44.8 Å². The van der Waals surface area contributed by atoms with E-state index in [1.807, 2.05) is 12.4 Å². The molecule has 1 aromatic carbocycles. The number of aliphatic hydroxyl groups excluding tert-OH is 1. The second-order valence-electron chi connectivity index (χ2n) is 10.3. The topological polar surface area (TPSA) is 88.0 Å². The predicted molar refractivity (Wildman–Crippen MR) is 132 cm³/mol. The molecule has 194 valence electrons. The number of hydrogen-bond acceptors (Lipinski definition) is 7. The molecule has 8 nitrogen and oxygen atoms in total. The minimum absolute atomic E-state index is 0.00660. The molecular formula is C27H35FN4O4. The molecule has 2 atom stereocenters. The fraction of sp³-hybridized carbons (Fsp3) is 0.593. The minimum atomic E-state index is -0.451. The molecule has 1 N–H and O–H groups in total. The Hall–Kier alpha value is -2.78. The van der Waals surface area contributed by atoms with Gasteiger partial charge in [-0.3, -0.25) is 4.79 Å². The first-order valence-electron chi connectivity index (χ1n) is 12.9. The van der Waals surface area contributed by atoms with E-state index in [9.17, 15) is 14.3 Å². The van der Waals surface area contributed by atoms with E-state index in [-0.39, 0.29) is 12.3 Å². The molecule has 2 aromatic rings. The summed E-state index contributed by atoms with van der Waals surface area (Å²) in [6.07, 6.45) is 7.78. The second kappa shape index (κ2) is 11.1. The Morgan fingerprint density at radius 3 is 2.61 bits per heavy atom. The Kier molecular flexibility index (Phi) is 7.67. The summed E-state index contributed by atoms with van der Waals surface area (Å²) in [7, 11) is 1.67. The number of rotatable bonds is 10. The van der Waals surface area contributed by atoms with Crippen LogP contribution in [0.4, 0.5) is 10.3 Å². The van der Waals surface area contributed by atoms with Crippen molar-refractivity contribution >= 4 is 11.9 Å². The number of carbonyl (C=O) groups excluding carboxylic acids is 1. The first kappa shape index (κ1) is 24.9. The molecule has 9 heteroatoms. The van der Waals surface area contributed by atoms with Gasteiger partial charge in [0.05, 0.1) is 25.7 Å². The van der Waals surface area contributed by atoms with Crippen molar-refractivity contribution in [1.29, 1.82) is 0 Å². The van der Waals surface area contributed by atoms with Crippen LogP contribution in [0.2, 0.25) is 0 Å². The van der Waals surface area contributed by atoms with Crippen molar-refractivity contribution in [3.63, 3.8) is 0 Å². The Morgan fingerprint density at radius 1 is 1.19 bits per heavy atom. The summed E-state index contributed by atoms with van der Waals surface area (Å²) in [5.74, 6) is 2.90. The maximum absolute atomic E-state index is 14.5. The molecular weight excluding hydrogens is 463 g/mol. The van der Waals surface area contributed by atoms with Gasteiger partial charge in [-0.25, -0.2) is 14.4 Å². The van der Waals surface area contributed by atoms with Crippen LogP contribution < -0.4 is 9.64 Å². The number of β-amino-alcohol motifs (C(OH)–C–C–N with tert-alkyl or cyclic N) is 1. The smallest absolute Gasteiger partial charge is 0.227 e. The van der Waals surface area contributed by atoms with E-state index < -0.39 is 11.9 Å². The number of amides is 1. The zero-order valence-corrected chi connectivity index (χ0v) is 20.8. The van der Waals surface area contributed by atoms with E-state index in [4.69, 9.17) is 9.47 Å². The number of aliphatic hydroxyl groups is 1. The van der Waals surface area contributed by atoms with Crippen molar-refractivity contribution in [3.05, 3.63) is 47.5 Å². The number of hydrogen-bond donors (Lipinski definition) is 1. The molecule has 36 heavy (non-hydrogen) atoms. The molecule has 1 amide bonds. The number of carbonyl (C=O) groups is 1. The largest absolute Gasteiger partial charge is 0.493 e. The van der Waals surface area contributed by atoms with Gasteiger partial charge in [0.1, 0.15) is 11.6 Å². The number of aromatic nitrogens is 2. The summed E-state index contributed by atoms with van der Waals surface area (Å²) >= 11 is 0. The highest BCUT2D eigenvalue weighted by atomic mass is 19.1. The van der Waals surface area contributed by atoms with Gasteiger partial charge in [-0.2, -0.15) is 0 Å². The summed E-state index contributed by atoms with van der Waals surface area (Å²) in [5, 5.41) is 9.32. The molecule has 0 bridgehead atoms. The standard InChI is InChI=1S/C27H35FN4O4/c1-35-17-18-13-29-27(30-14-18)31-7-4-19(5-8-31)24-10-20(24)6-9-36-23-3-2-21(25(28)12-23)11-26(34)32-15-22(33)16-32/h2-3,12-14,19-20,22,24,33H,4-11,15-17H2,1H3/t20-,24-/m0/s1. The number of halogens is 1. The summed E-state index contributed by atoms with van der Waals surface area (Å²) in [6.45, 7) is 3.74. The van der Waals surface area contributed by atoms with Crippen LogP contribution in [0.15, 0.2) is 30.6 Å². The molecule has 0 radical (unpaired) electrons. The summed E-state index contributed by atoms with van der Waals surface area (Å²) < 4.78 is 25.4. The van der Waals surface area contributed by atoms with Crippen LogP contribution in [-0.4, -0.2) is 71.9 Å². The lowest BCUT2D eigenvalue weighted by atomic mass is 9.90. The fourth-order valence-electron chi connectivity index (χ4n) is 5.48. The summed E-state index contributed by atoms with van der Waals surface area (Å²) in [6, 6.07) is 4.74. The first-order chi connectivity index (χ1) is 17.5. The Labute approximate surface area is 211 Å². The Morgan fingerprint density at radius 2 is 1.94 bits per heavy atom. The van der Waals surface area contributed by atoms with E-state index in [1.54, 1.807) is 24.1 Å². The molecule has 1 aromatic heterocycles. The van der Waals surface area contributed by atoms with Gasteiger partial charge in [-0.05, 0) is 55.1 Å². The van der Waals surface area contributed by atoms with Gasteiger partial charge in [0, 0.05) is 57.3 Å². The number of likely N-dealkylation sites (tertiary alicyclic amines) is 1. The van der Waals surface area contributed by atoms with Gasteiger partial charge in [-0.1, -0.05) is 6.07 Å². The third kappa shape index (κ3) is 5.95. The van der Waals surface area contributed by atoms with Crippen LogP contribution >= 0.6 is 0 Å². The molecule has 3 heterocycles. The Bertz CT molecular complexity index is 1040. The van der Waals surface area contributed by atoms with Crippen LogP contribution in [0.3, 0.4) is 0 Å². The number of ether oxygens (including phenoxy) is 2. The van der Waals surface area contributed by atoms with Crippen molar-refractivity contribution in [2.24, 2.45) is 17.8 Å². The van der Waals surface area contributed by atoms with Gasteiger partial charge in [0.25, 0.3) is 0 Å². The maximum Gasteiger partial charge on any atom is 0.227 e. The summed E-state index contributed by atoms with van der Waals surface area (Å²) in [5.41, 5.74) is 1.34. The van der Waals surface area contributed by atoms with Gasteiger partial charge < -0.3 is 24.4 Å². The molecule has 0 spiro atoms. The molecule has 0 unspecified atom stereocenters. The minimum Gasteiger partial charge on any atom is -0.493 e. The molecule has 5 rings (SSSR count). The zero-order chi connectivity index (χ0) is 25.1. The van der Waals surface area contributed by atoms with Crippen LogP contribution in [-0.2, 0) is 22.6 Å². The zero-order valence-electron chi connectivity index (χ0n) is 20.8. The summed E-state index contributed by atoms with van der Waals surface area (Å²) in [4.78, 5) is 24.9. The second-order valence-corrected chi connectivity index (χ2v) is 10.3. The fourth-order valence-corrected chi connectivity index (χ4v) is 5.48. The molecule has 3 aliphatic rings. The molecule has 1 saturated carbocycles. The third-order valence-corrected chi connectivity index (χ3v) is 7.75. The van der Waals surface area contributed by atoms with E-state index >= 15 is 0 Å². The molecule has 2 aliphatic heterocycles. The average molecular weight is 499 g/mol. The van der Waals surface area contributed by atoms with Crippen LogP contribution in [0.25, 0.3) is 0 Å². The molecule has 3 fully saturated rings. The van der Waals surface area contributed by atoms with Crippen molar-refractivity contribution in [3.8, 4) is 5.75 Å². The van der Waals surface area contributed by atoms with Gasteiger partial charge in [0.2, 0.25) is 11.9 Å². The predicted octanol–water partition coefficient (Wildman–Crippen LogP) is 2.83. The lowest BCUT2D eigenvalue weighted by molar-refractivity contribution is -0.140. The SMILES string of the molecule is COCc1cnc(N2CCC([C@@H]3C[C@@H]3CCOc3ccc(CC(=O)N4CC(O)C4)c(F)c3)CC2)nc1. The van der Waals surface area contributed by atoms with E-state index in [0.29, 0.717) is 43.5 Å². The third-order valence-electron chi connectivity index (χ3n) is 7.75. The maximum atomic E-state index is 14.5. The van der Waals surface area contributed by atoms with Crippen molar-refractivity contribution in [2.45, 2.75) is 44.8 Å². The van der Waals surface area contributed by atoms with Crippen molar-refractivity contribution in [1.82, 2.24) is 14.9 Å². The number of benzene rings is 1. The molecule has 1 aliphatic carbocycles. The first-order valence-corrected chi connectivity index (χ1v) is 12.9. The lowest BCUT2D eigenvalue weighted by Crippen LogP contribution is -2.54. The van der Waals surface area contributed by atoms with Crippen LogP contribution in [0.5, 0.6) is 5.75 Å². The average Bonchev–Trinajstić information content (AvgIpc) is 3.64. The van der Waals surface area contributed by atoms with Gasteiger partial charge in [0.15, 0.2) is 0 Å². The normalized spacial score (nSPS) is 22.4. The highest BCUT2D eigenvalue weighted by molar-refractivity contribution is 5.79. The van der Waals surface area contributed by atoms with E-state index in [2.05, 4.69) is 14.9 Å². The highest BCUT2D eigenvalue weighted by Crippen LogP contribution is 2.49. The van der Waals surface area contributed by atoms with E-state index in [1.165, 1.54) is 12.5 Å². The van der Waals surface area contributed by atoms with Crippen molar-refractivity contribution < 1.29 is 23.8 Å². The lowest BCUT2D eigenvalue weighted by Gasteiger charge is -2.35. The van der Waals surface area contributed by atoms with Crippen LogP contribution in [0, 0.1) is 23.6 Å². The Balaban J connectivity index is 1.01. The van der Waals surface area contributed by atoms with Gasteiger partial charge >= 0.3 is 0 Å². The van der Waals surface area contributed by atoms with Crippen LogP contribution in [0.1, 0.15) is 36.8 Å². The number of piperidine rings is 1. The number of methoxy groups -OCH3 is 1. The number of nitrogens with zero attached hydrogens (tertiary/aromatic N) is 4. The van der Waals surface area contributed by atoms with Gasteiger partial charge in [-0.15, -0.1) is 0 Å².